The van der Waals surface area contributed by atoms with E-state index in [4.69, 9.17) is 0 Å². The van der Waals surface area contributed by atoms with Gasteiger partial charge in [-0.3, -0.25) is 0 Å². The van der Waals surface area contributed by atoms with Crippen molar-refractivity contribution in [1.29, 1.82) is 0 Å². The summed E-state index contributed by atoms with van der Waals surface area (Å²) >= 11 is 0. The number of hydrogen-bond donors (Lipinski definition) is 0. The minimum absolute atomic E-state index is 1.01. The molecule has 0 atom stereocenters. The minimum Gasteiger partial charge on any atom is -0.0608 e. The van der Waals surface area contributed by atoms with E-state index in [0.717, 1.165) is 11.1 Å². The molecular formula is C18H14. The molecule has 0 spiro atoms. The summed E-state index contributed by atoms with van der Waals surface area (Å²) in [6, 6.07) is 16.2. The topological polar surface area (TPSA) is 0 Å². The van der Waals surface area contributed by atoms with Crippen molar-refractivity contribution >= 4 is 0 Å². The van der Waals surface area contributed by atoms with Gasteiger partial charge >= 0.3 is 0 Å². The highest BCUT2D eigenvalue weighted by Crippen LogP contribution is 2.02. The Kier molecular flexibility index (Phi) is 3.85. The van der Waals surface area contributed by atoms with Crippen LogP contribution in [0.2, 0.25) is 0 Å². The van der Waals surface area contributed by atoms with E-state index in [0.29, 0.717) is 0 Å². The molecule has 86 valence electrons. The summed E-state index contributed by atoms with van der Waals surface area (Å²) in [4.78, 5) is 0. The SMILES string of the molecule is Cc1cccc(C#CC#Cc2cccc(C)c2)c1. The van der Waals surface area contributed by atoms with Crippen molar-refractivity contribution in [3.63, 3.8) is 0 Å². The number of hydrogen-bond acceptors (Lipinski definition) is 0. The van der Waals surface area contributed by atoms with E-state index in [2.05, 4.69) is 61.8 Å². The summed E-state index contributed by atoms with van der Waals surface area (Å²) in [5, 5.41) is 0. The Morgan fingerprint density at radius 2 is 1.11 bits per heavy atom. The predicted octanol–water partition coefficient (Wildman–Crippen LogP) is 3.71. The average molecular weight is 230 g/mol. The van der Waals surface area contributed by atoms with Gasteiger partial charge in [-0.25, -0.2) is 0 Å². The lowest BCUT2D eigenvalue weighted by atomic mass is 10.1. The predicted molar refractivity (Wildman–Crippen MR) is 76.1 cm³/mol. The van der Waals surface area contributed by atoms with Crippen LogP contribution in [0.5, 0.6) is 0 Å². The first-order valence-corrected chi connectivity index (χ1v) is 5.89. The third-order valence-corrected chi connectivity index (χ3v) is 2.51. The van der Waals surface area contributed by atoms with Gasteiger partial charge in [0, 0.05) is 11.1 Å². The van der Waals surface area contributed by atoms with Crippen LogP contribution in [0.25, 0.3) is 0 Å². The Morgan fingerprint density at radius 1 is 0.667 bits per heavy atom. The van der Waals surface area contributed by atoms with Crippen LogP contribution < -0.4 is 0 Å². The second kappa shape index (κ2) is 5.76. The molecule has 0 aliphatic heterocycles. The summed E-state index contributed by atoms with van der Waals surface area (Å²) in [6.07, 6.45) is 0. The minimum atomic E-state index is 1.01. The number of benzene rings is 2. The normalized spacial score (nSPS) is 8.78. The molecule has 0 heteroatoms. The molecule has 0 aliphatic rings. The van der Waals surface area contributed by atoms with Gasteiger partial charge in [-0.2, -0.15) is 0 Å². The van der Waals surface area contributed by atoms with E-state index >= 15 is 0 Å². The summed E-state index contributed by atoms with van der Waals surface area (Å²) < 4.78 is 0. The summed E-state index contributed by atoms with van der Waals surface area (Å²) in [7, 11) is 0. The average Bonchev–Trinajstić information content (AvgIpc) is 2.35. The zero-order valence-corrected chi connectivity index (χ0v) is 10.6. The first-order chi connectivity index (χ1) is 8.74. The van der Waals surface area contributed by atoms with Crippen LogP contribution in [0.3, 0.4) is 0 Å². The summed E-state index contributed by atoms with van der Waals surface area (Å²) in [6.45, 7) is 4.12. The smallest absolute Gasteiger partial charge is 0.0258 e. The molecule has 0 radical (unpaired) electrons. The second-order valence-electron chi connectivity index (χ2n) is 4.24. The molecular weight excluding hydrogens is 216 g/mol. The van der Waals surface area contributed by atoms with Crippen LogP contribution in [0.4, 0.5) is 0 Å². The highest BCUT2D eigenvalue weighted by Gasteiger charge is 1.86. The lowest BCUT2D eigenvalue weighted by Crippen LogP contribution is -1.76. The van der Waals surface area contributed by atoms with Crippen LogP contribution >= 0.6 is 0 Å². The molecule has 0 amide bonds. The Morgan fingerprint density at radius 3 is 1.50 bits per heavy atom. The van der Waals surface area contributed by atoms with Gasteiger partial charge in [0.05, 0.1) is 0 Å². The van der Waals surface area contributed by atoms with E-state index in [1.54, 1.807) is 0 Å². The van der Waals surface area contributed by atoms with Crippen molar-refractivity contribution in [3.05, 3.63) is 70.8 Å². The highest BCUT2D eigenvalue weighted by atomic mass is 13.9. The monoisotopic (exact) mass is 230 g/mol. The molecule has 0 unspecified atom stereocenters. The summed E-state index contributed by atoms with van der Waals surface area (Å²) in [5.74, 6) is 11.9. The first kappa shape index (κ1) is 12.0. The maximum absolute atomic E-state index is 3.05. The maximum Gasteiger partial charge on any atom is 0.0258 e. The fourth-order valence-corrected chi connectivity index (χ4v) is 1.65. The van der Waals surface area contributed by atoms with E-state index in [1.165, 1.54) is 11.1 Å². The molecule has 0 nitrogen and oxygen atoms in total. The van der Waals surface area contributed by atoms with Gasteiger partial charge in [0.15, 0.2) is 0 Å². The molecule has 2 aromatic rings. The van der Waals surface area contributed by atoms with Gasteiger partial charge in [-0.05, 0) is 61.1 Å². The lowest BCUT2D eigenvalue weighted by Gasteiger charge is -1.91. The van der Waals surface area contributed by atoms with Gasteiger partial charge in [0.25, 0.3) is 0 Å². The van der Waals surface area contributed by atoms with Crippen molar-refractivity contribution in [1.82, 2.24) is 0 Å². The molecule has 0 aliphatic carbocycles. The zero-order valence-electron chi connectivity index (χ0n) is 10.6. The third-order valence-electron chi connectivity index (χ3n) is 2.51. The summed E-state index contributed by atoms with van der Waals surface area (Å²) in [5.41, 5.74) is 4.45. The van der Waals surface area contributed by atoms with Gasteiger partial charge in [0.1, 0.15) is 0 Å². The van der Waals surface area contributed by atoms with Crippen molar-refractivity contribution < 1.29 is 0 Å². The molecule has 0 fully saturated rings. The Hall–Kier alpha value is -2.44. The number of rotatable bonds is 0. The highest BCUT2D eigenvalue weighted by molar-refractivity contribution is 5.45. The molecule has 0 aromatic heterocycles. The lowest BCUT2D eigenvalue weighted by molar-refractivity contribution is 1.45. The third kappa shape index (κ3) is 3.55. The van der Waals surface area contributed by atoms with Crippen LogP contribution in [0, 0.1) is 37.5 Å². The quantitative estimate of drug-likeness (QED) is 0.605. The van der Waals surface area contributed by atoms with E-state index < -0.39 is 0 Å². The van der Waals surface area contributed by atoms with Gasteiger partial charge < -0.3 is 0 Å². The Balaban J connectivity index is 2.14. The van der Waals surface area contributed by atoms with Crippen molar-refractivity contribution in [2.24, 2.45) is 0 Å². The van der Waals surface area contributed by atoms with Crippen LogP contribution in [0.15, 0.2) is 48.5 Å². The molecule has 0 saturated carbocycles. The van der Waals surface area contributed by atoms with Crippen LogP contribution in [-0.4, -0.2) is 0 Å². The van der Waals surface area contributed by atoms with Crippen molar-refractivity contribution in [2.75, 3.05) is 0 Å². The molecule has 0 N–H and O–H groups in total. The van der Waals surface area contributed by atoms with E-state index in [-0.39, 0.29) is 0 Å². The molecule has 2 aromatic carbocycles. The first-order valence-electron chi connectivity index (χ1n) is 5.89. The maximum atomic E-state index is 3.05. The van der Waals surface area contributed by atoms with Gasteiger partial charge in [0.2, 0.25) is 0 Å². The number of aryl methyl sites for hydroxylation is 2. The Labute approximate surface area is 109 Å². The van der Waals surface area contributed by atoms with Gasteiger partial charge in [-0.1, -0.05) is 36.1 Å². The fraction of sp³-hybridized carbons (Fsp3) is 0.111. The van der Waals surface area contributed by atoms with Crippen molar-refractivity contribution in [2.45, 2.75) is 13.8 Å². The largest absolute Gasteiger partial charge is 0.0608 e. The molecule has 18 heavy (non-hydrogen) atoms. The van der Waals surface area contributed by atoms with Crippen LogP contribution in [-0.2, 0) is 0 Å². The standard InChI is InChI=1S/C18H14/c1-15-7-5-11-17(13-15)9-3-4-10-18-12-6-8-16(2)14-18/h5-8,11-14H,1-2H3. The zero-order chi connectivity index (χ0) is 12.8. The van der Waals surface area contributed by atoms with E-state index in [1.807, 2.05) is 24.3 Å². The van der Waals surface area contributed by atoms with Crippen LogP contribution in [0.1, 0.15) is 22.3 Å². The molecule has 0 bridgehead atoms. The Bertz CT molecular complexity index is 609. The van der Waals surface area contributed by atoms with E-state index in [9.17, 15) is 0 Å². The molecule has 0 saturated heterocycles. The fourth-order valence-electron chi connectivity index (χ4n) is 1.65. The molecule has 2 rings (SSSR count). The van der Waals surface area contributed by atoms with Gasteiger partial charge in [-0.15, -0.1) is 0 Å². The molecule has 0 heterocycles. The van der Waals surface area contributed by atoms with Crippen molar-refractivity contribution in [3.8, 4) is 23.7 Å². The second-order valence-corrected chi connectivity index (χ2v) is 4.24.